The molecule has 2 N–H and O–H groups in total. The summed E-state index contributed by atoms with van der Waals surface area (Å²) in [7, 11) is 3.23. The minimum absolute atomic E-state index is 0.188. The van der Waals surface area contributed by atoms with Crippen LogP contribution in [0.1, 0.15) is 32.7 Å². The molecule has 27 heavy (non-hydrogen) atoms. The Morgan fingerprint density at radius 2 is 1.93 bits per heavy atom. The monoisotopic (exact) mass is 387 g/mol. The van der Waals surface area contributed by atoms with E-state index in [0.717, 1.165) is 11.3 Å². The first kappa shape index (κ1) is 19.2. The number of aliphatic hydroxyl groups excluding tert-OH is 1. The number of ether oxygens (including phenoxy) is 2. The summed E-state index contributed by atoms with van der Waals surface area (Å²) in [6.07, 6.45) is 0. The molecule has 1 aliphatic heterocycles. The van der Waals surface area contributed by atoms with Crippen molar-refractivity contribution in [3.8, 4) is 22.8 Å². The maximum absolute atomic E-state index is 10.7. The van der Waals surface area contributed by atoms with Crippen molar-refractivity contribution < 1.29 is 14.6 Å². The molecule has 2 aromatic rings. The van der Waals surface area contributed by atoms with Gasteiger partial charge in [0.25, 0.3) is 0 Å². The molecule has 1 unspecified atom stereocenters. The Morgan fingerprint density at radius 1 is 1.22 bits per heavy atom. The molecule has 2 heterocycles. The van der Waals surface area contributed by atoms with Gasteiger partial charge in [0.15, 0.2) is 0 Å². The topological polar surface area (TPSA) is 78.7 Å². The zero-order valence-corrected chi connectivity index (χ0v) is 17.3. The first-order valence-electron chi connectivity index (χ1n) is 8.68. The van der Waals surface area contributed by atoms with Gasteiger partial charge >= 0.3 is 0 Å². The molecule has 0 fully saturated rings. The first-order valence-corrected chi connectivity index (χ1v) is 9.56. The standard InChI is InChI=1S/C20H25N3O3S/c1-11-17(24)16(18(21)23(11)20(2,3)4)19-22-14(10-27-19)13-9-12(25-5)7-8-15(13)26-6/h7-11,21,24H,1-6H3. The predicted molar refractivity (Wildman–Crippen MR) is 109 cm³/mol. The molecule has 1 atom stereocenters. The number of methoxy groups -OCH3 is 2. The van der Waals surface area contributed by atoms with Crippen LogP contribution in [0.2, 0.25) is 0 Å². The highest BCUT2D eigenvalue weighted by atomic mass is 32.1. The Hall–Kier alpha value is -2.54. The van der Waals surface area contributed by atoms with Gasteiger partial charge in [0.2, 0.25) is 0 Å². The molecule has 1 aliphatic rings. The minimum Gasteiger partial charge on any atom is -0.509 e. The number of thiazole rings is 1. The average molecular weight is 388 g/mol. The van der Waals surface area contributed by atoms with E-state index in [1.54, 1.807) is 14.2 Å². The van der Waals surface area contributed by atoms with E-state index in [9.17, 15) is 5.11 Å². The lowest BCUT2D eigenvalue weighted by atomic mass is 10.0. The quantitative estimate of drug-likeness (QED) is 0.803. The summed E-state index contributed by atoms with van der Waals surface area (Å²) in [6.45, 7) is 8.00. The normalized spacial score (nSPS) is 17.6. The Balaban J connectivity index is 2.03. The van der Waals surface area contributed by atoms with E-state index in [1.165, 1.54) is 11.3 Å². The fourth-order valence-electron chi connectivity index (χ4n) is 3.42. The van der Waals surface area contributed by atoms with Gasteiger partial charge in [0.1, 0.15) is 28.1 Å². The van der Waals surface area contributed by atoms with E-state index in [2.05, 4.69) is 0 Å². The van der Waals surface area contributed by atoms with Crippen molar-refractivity contribution in [2.24, 2.45) is 0 Å². The lowest BCUT2D eigenvalue weighted by Crippen LogP contribution is -2.47. The van der Waals surface area contributed by atoms with Crippen molar-refractivity contribution in [3.05, 3.63) is 34.3 Å². The summed E-state index contributed by atoms with van der Waals surface area (Å²) in [4.78, 5) is 6.60. The third-order valence-corrected chi connectivity index (χ3v) is 5.50. The molecule has 144 valence electrons. The second-order valence-electron chi connectivity index (χ2n) is 7.43. The molecule has 0 radical (unpaired) electrons. The smallest absolute Gasteiger partial charge is 0.135 e. The highest BCUT2D eigenvalue weighted by Gasteiger charge is 2.41. The molecule has 1 aromatic carbocycles. The van der Waals surface area contributed by atoms with E-state index in [4.69, 9.17) is 19.9 Å². The van der Waals surface area contributed by atoms with Crippen molar-refractivity contribution in [2.45, 2.75) is 39.3 Å². The van der Waals surface area contributed by atoms with Gasteiger partial charge in [-0.2, -0.15) is 0 Å². The highest BCUT2D eigenvalue weighted by molar-refractivity contribution is 7.11. The van der Waals surface area contributed by atoms with Gasteiger partial charge in [-0.3, -0.25) is 5.41 Å². The molecule has 0 saturated heterocycles. The van der Waals surface area contributed by atoms with Crippen molar-refractivity contribution in [1.29, 1.82) is 5.41 Å². The lowest BCUT2D eigenvalue weighted by molar-refractivity contribution is 0.182. The van der Waals surface area contributed by atoms with Crippen LogP contribution in [-0.2, 0) is 0 Å². The van der Waals surface area contributed by atoms with E-state index in [-0.39, 0.29) is 17.3 Å². The van der Waals surface area contributed by atoms with Gasteiger partial charge in [0.05, 0.1) is 31.5 Å². The van der Waals surface area contributed by atoms with Crippen LogP contribution >= 0.6 is 11.3 Å². The van der Waals surface area contributed by atoms with E-state index in [0.29, 0.717) is 27.9 Å². The zero-order chi connectivity index (χ0) is 19.9. The fraction of sp³-hybridized carbons (Fsp3) is 0.400. The number of aliphatic hydroxyl groups is 1. The number of nitrogens with zero attached hydrogens (tertiary/aromatic N) is 2. The molecular weight excluding hydrogens is 362 g/mol. The number of amidine groups is 1. The van der Waals surface area contributed by atoms with Crippen molar-refractivity contribution in [1.82, 2.24) is 9.88 Å². The summed E-state index contributed by atoms with van der Waals surface area (Å²) in [5.41, 5.74) is 1.75. The number of benzene rings is 1. The maximum Gasteiger partial charge on any atom is 0.135 e. The average Bonchev–Trinajstić information content (AvgIpc) is 3.17. The second kappa shape index (κ2) is 6.88. The summed E-state index contributed by atoms with van der Waals surface area (Å²) >= 11 is 1.40. The number of hydrogen-bond donors (Lipinski definition) is 2. The van der Waals surface area contributed by atoms with E-state index < -0.39 is 0 Å². The Bertz CT molecular complexity index is 911. The van der Waals surface area contributed by atoms with Crippen molar-refractivity contribution in [2.75, 3.05) is 14.2 Å². The molecule has 3 rings (SSSR count). The fourth-order valence-corrected chi connectivity index (χ4v) is 4.29. The molecule has 0 saturated carbocycles. The van der Waals surface area contributed by atoms with E-state index in [1.807, 2.05) is 56.2 Å². The Kier molecular flexibility index (Phi) is 4.90. The van der Waals surface area contributed by atoms with Crippen LogP contribution in [-0.4, -0.2) is 46.6 Å². The zero-order valence-electron chi connectivity index (χ0n) is 16.5. The van der Waals surface area contributed by atoms with Crippen LogP contribution < -0.4 is 9.47 Å². The third kappa shape index (κ3) is 3.27. The summed E-state index contributed by atoms with van der Waals surface area (Å²) in [6, 6.07) is 5.28. The van der Waals surface area contributed by atoms with Crippen molar-refractivity contribution in [3.63, 3.8) is 0 Å². The molecular formula is C20H25N3O3S. The lowest BCUT2D eigenvalue weighted by Gasteiger charge is -2.37. The van der Waals surface area contributed by atoms with Crippen LogP contribution in [0.4, 0.5) is 0 Å². The van der Waals surface area contributed by atoms with Gasteiger partial charge in [-0.1, -0.05) is 0 Å². The van der Waals surface area contributed by atoms with Gasteiger partial charge < -0.3 is 19.5 Å². The highest BCUT2D eigenvalue weighted by Crippen LogP contribution is 2.40. The van der Waals surface area contributed by atoms with Crippen LogP contribution in [0, 0.1) is 5.41 Å². The number of nitrogens with one attached hydrogen (secondary N) is 1. The molecule has 0 spiro atoms. The summed E-state index contributed by atoms with van der Waals surface area (Å²) in [5.74, 6) is 1.89. The van der Waals surface area contributed by atoms with Gasteiger partial charge in [0, 0.05) is 16.5 Å². The van der Waals surface area contributed by atoms with E-state index >= 15 is 0 Å². The Morgan fingerprint density at radius 3 is 2.48 bits per heavy atom. The summed E-state index contributed by atoms with van der Waals surface area (Å²) < 4.78 is 10.8. The molecule has 0 aliphatic carbocycles. The Labute approximate surface area is 163 Å². The number of hydrogen-bond acceptors (Lipinski definition) is 6. The van der Waals surface area contributed by atoms with Crippen LogP contribution in [0.3, 0.4) is 0 Å². The number of aromatic nitrogens is 1. The maximum atomic E-state index is 10.7. The first-order chi connectivity index (χ1) is 12.7. The van der Waals surface area contributed by atoms with Gasteiger partial charge in [-0.25, -0.2) is 4.98 Å². The van der Waals surface area contributed by atoms with Gasteiger partial charge in [-0.05, 0) is 45.9 Å². The molecule has 7 heteroatoms. The van der Waals surface area contributed by atoms with Crippen LogP contribution in [0.5, 0.6) is 11.5 Å². The largest absolute Gasteiger partial charge is 0.509 e. The van der Waals surface area contributed by atoms with Crippen molar-refractivity contribution >= 4 is 22.7 Å². The summed E-state index contributed by atoms with van der Waals surface area (Å²) in [5, 5.41) is 21.8. The molecule has 6 nitrogen and oxygen atoms in total. The molecule has 0 bridgehead atoms. The molecule has 1 aromatic heterocycles. The van der Waals surface area contributed by atoms with Crippen LogP contribution in [0.15, 0.2) is 29.3 Å². The predicted octanol–water partition coefficient (Wildman–Crippen LogP) is 4.58. The molecule has 0 amide bonds. The van der Waals surface area contributed by atoms with Crippen LogP contribution in [0.25, 0.3) is 16.8 Å². The number of rotatable bonds is 4. The second-order valence-corrected chi connectivity index (χ2v) is 8.29. The SMILES string of the molecule is COc1ccc(OC)c(-c2csc(C3=C(O)C(C)N(C(C)(C)C)C3=N)n2)c1. The minimum atomic E-state index is -0.275. The van der Waals surface area contributed by atoms with Gasteiger partial charge in [-0.15, -0.1) is 11.3 Å². The third-order valence-electron chi connectivity index (χ3n) is 4.64.